The Morgan fingerprint density at radius 1 is 1.06 bits per heavy atom. The van der Waals surface area contributed by atoms with Crippen molar-refractivity contribution in [3.05, 3.63) is 72.4 Å². The molecule has 3 aromatic rings. The zero-order chi connectivity index (χ0) is 22.9. The molecule has 4 rings (SSSR count). The monoisotopic (exact) mass is 431 g/mol. The number of carbonyl (C=O) groups excluding carboxylic acids is 3. The Balaban J connectivity index is 1.62. The molecule has 1 aliphatic rings. The second-order valence-corrected chi connectivity index (χ2v) is 8.79. The van der Waals surface area contributed by atoms with Crippen molar-refractivity contribution in [1.29, 1.82) is 0 Å². The molecule has 0 bridgehead atoms. The maximum atomic E-state index is 13.3. The summed E-state index contributed by atoms with van der Waals surface area (Å²) >= 11 is 0. The van der Waals surface area contributed by atoms with Crippen LogP contribution in [0.4, 0.5) is 5.69 Å². The fourth-order valence-electron chi connectivity index (χ4n) is 3.74. The number of amides is 2. The van der Waals surface area contributed by atoms with Gasteiger partial charge in [0.05, 0.1) is 11.1 Å². The highest BCUT2D eigenvalue weighted by Gasteiger charge is 2.47. The first kappa shape index (κ1) is 21.5. The Morgan fingerprint density at radius 2 is 1.75 bits per heavy atom. The molecular weight excluding hydrogens is 406 g/mol. The number of rotatable bonds is 4. The van der Waals surface area contributed by atoms with E-state index in [0.717, 1.165) is 10.9 Å². The van der Waals surface area contributed by atoms with Gasteiger partial charge in [0.1, 0.15) is 17.6 Å². The van der Waals surface area contributed by atoms with Gasteiger partial charge in [-0.1, -0.05) is 36.4 Å². The summed E-state index contributed by atoms with van der Waals surface area (Å²) in [7, 11) is 0. The Morgan fingerprint density at radius 3 is 2.47 bits per heavy atom. The minimum Gasteiger partial charge on any atom is -0.460 e. The van der Waals surface area contributed by atoms with E-state index in [4.69, 9.17) is 4.74 Å². The predicted octanol–water partition coefficient (Wildman–Crippen LogP) is 3.34. The van der Waals surface area contributed by atoms with Crippen molar-refractivity contribution >= 4 is 34.4 Å². The highest BCUT2D eigenvalue weighted by atomic mass is 16.6. The second-order valence-electron chi connectivity index (χ2n) is 8.79. The maximum absolute atomic E-state index is 13.3. The van der Waals surface area contributed by atoms with E-state index in [9.17, 15) is 14.4 Å². The molecule has 32 heavy (non-hydrogen) atoms. The number of carbonyl (C=O) groups is 3. The van der Waals surface area contributed by atoms with Crippen LogP contribution in [0.3, 0.4) is 0 Å². The molecule has 1 saturated heterocycles. The summed E-state index contributed by atoms with van der Waals surface area (Å²) in [5.41, 5.74) is 1.03. The third-order valence-corrected chi connectivity index (χ3v) is 5.23. The van der Waals surface area contributed by atoms with E-state index in [1.165, 1.54) is 11.1 Å². The van der Waals surface area contributed by atoms with Gasteiger partial charge in [-0.2, -0.15) is 0 Å². The summed E-state index contributed by atoms with van der Waals surface area (Å²) in [5.74, 6) is -2.18. The number of para-hydroxylation sites is 2. The van der Waals surface area contributed by atoms with Crippen LogP contribution in [0.5, 0.6) is 0 Å². The van der Waals surface area contributed by atoms with Crippen LogP contribution in [0.1, 0.15) is 31.1 Å². The lowest BCUT2D eigenvalue weighted by Gasteiger charge is -2.24. The number of benzene rings is 2. The van der Waals surface area contributed by atoms with Crippen LogP contribution in [0.2, 0.25) is 0 Å². The summed E-state index contributed by atoms with van der Waals surface area (Å²) in [6.45, 7) is 5.43. The van der Waals surface area contributed by atoms with E-state index in [1.807, 2.05) is 42.5 Å². The van der Waals surface area contributed by atoms with E-state index in [-0.39, 0.29) is 12.5 Å². The molecule has 2 heterocycles. The van der Waals surface area contributed by atoms with Crippen LogP contribution >= 0.6 is 0 Å². The molecule has 2 amide bonds. The quantitative estimate of drug-likeness (QED) is 0.640. The van der Waals surface area contributed by atoms with Gasteiger partial charge in [-0.15, -0.1) is 0 Å². The first-order chi connectivity index (χ1) is 15.2. The first-order valence-electron chi connectivity index (χ1n) is 10.5. The number of pyridine rings is 1. The lowest BCUT2D eigenvalue weighted by atomic mass is 10.0. The fraction of sp³-hybridized carbons (Fsp3) is 0.280. The van der Waals surface area contributed by atoms with Crippen molar-refractivity contribution in [2.45, 2.75) is 32.4 Å². The standard InChI is InChI=1S/C25H25N3O4/c1-25(2,3)32-24(31)19-15-28(18-10-5-4-6-11-18)23(30)21(19)27-22(29)17-13-16-9-7-8-12-20(16)26-14-17/h4-14,19,21H,15H2,1-3H3,(H,27,29)/t19-,21-/m1/s1. The smallest absolute Gasteiger partial charge is 0.313 e. The topological polar surface area (TPSA) is 88.6 Å². The van der Waals surface area contributed by atoms with Gasteiger partial charge in [0.15, 0.2) is 0 Å². The molecule has 0 spiro atoms. The Labute approximate surface area is 186 Å². The largest absolute Gasteiger partial charge is 0.460 e. The highest BCUT2D eigenvalue weighted by Crippen LogP contribution is 2.28. The van der Waals surface area contributed by atoms with Crippen LogP contribution < -0.4 is 10.2 Å². The fourth-order valence-corrected chi connectivity index (χ4v) is 3.74. The zero-order valence-electron chi connectivity index (χ0n) is 18.2. The van der Waals surface area contributed by atoms with Crippen molar-refractivity contribution in [3.8, 4) is 0 Å². The molecule has 1 fully saturated rings. The first-order valence-corrected chi connectivity index (χ1v) is 10.5. The second kappa shape index (κ2) is 8.42. The Kier molecular flexibility index (Phi) is 5.65. The normalized spacial score (nSPS) is 18.6. The minimum absolute atomic E-state index is 0.124. The molecule has 1 aromatic heterocycles. The number of nitrogens with one attached hydrogen (secondary N) is 1. The number of ether oxygens (including phenoxy) is 1. The third-order valence-electron chi connectivity index (χ3n) is 5.23. The van der Waals surface area contributed by atoms with Crippen molar-refractivity contribution in [2.75, 3.05) is 11.4 Å². The summed E-state index contributed by atoms with van der Waals surface area (Å²) in [6.07, 6.45) is 1.47. The van der Waals surface area contributed by atoms with E-state index >= 15 is 0 Å². The average molecular weight is 431 g/mol. The number of anilines is 1. The van der Waals surface area contributed by atoms with Crippen molar-refractivity contribution in [3.63, 3.8) is 0 Å². The van der Waals surface area contributed by atoms with E-state index in [2.05, 4.69) is 10.3 Å². The van der Waals surface area contributed by atoms with Gasteiger partial charge in [0.25, 0.3) is 11.8 Å². The number of nitrogens with zero attached hydrogens (tertiary/aromatic N) is 2. The predicted molar refractivity (Wildman–Crippen MR) is 121 cm³/mol. The van der Waals surface area contributed by atoms with E-state index < -0.39 is 29.4 Å². The maximum Gasteiger partial charge on any atom is 0.313 e. The van der Waals surface area contributed by atoms with Crippen molar-refractivity contribution < 1.29 is 19.1 Å². The average Bonchev–Trinajstić information content (AvgIpc) is 3.09. The molecule has 0 aliphatic carbocycles. The number of hydrogen-bond donors (Lipinski definition) is 1. The minimum atomic E-state index is -1.04. The van der Waals surface area contributed by atoms with Crippen LogP contribution in [0.25, 0.3) is 10.9 Å². The molecule has 1 N–H and O–H groups in total. The van der Waals surface area contributed by atoms with Gasteiger partial charge in [-0.3, -0.25) is 19.4 Å². The summed E-state index contributed by atoms with van der Waals surface area (Å²) in [6, 6.07) is 17.2. The van der Waals surface area contributed by atoms with Gasteiger partial charge in [0, 0.05) is 23.8 Å². The summed E-state index contributed by atoms with van der Waals surface area (Å²) < 4.78 is 5.55. The van der Waals surface area contributed by atoms with E-state index in [0.29, 0.717) is 11.3 Å². The van der Waals surface area contributed by atoms with Crippen LogP contribution in [-0.4, -0.2) is 41.0 Å². The van der Waals surface area contributed by atoms with E-state index in [1.54, 1.807) is 39.0 Å². The van der Waals surface area contributed by atoms with Gasteiger partial charge in [-0.05, 0) is 45.0 Å². The Bertz CT molecular complexity index is 1170. The molecule has 0 saturated carbocycles. The number of fused-ring (bicyclic) bond motifs is 1. The Hall–Kier alpha value is -3.74. The van der Waals surface area contributed by atoms with Crippen molar-refractivity contribution in [2.24, 2.45) is 5.92 Å². The molecule has 2 atom stereocenters. The zero-order valence-corrected chi connectivity index (χ0v) is 18.2. The molecule has 2 aromatic carbocycles. The SMILES string of the molecule is CC(C)(C)OC(=O)[C@@H]1CN(c2ccccc2)C(=O)[C@@H]1NC(=O)c1cnc2ccccc2c1. The van der Waals surface area contributed by atoms with Crippen molar-refractivity contribution in [1.82, 2.24) is 10.3 Å². The molecule has 7 heteroatoms. The van der Waals surface area contributed by atoms with Crippen LogP contribution in [0, 0.1) is 5.92 Å². The molecule has 7 nitrogen and oxygen atoms in total. The van der Waals surface area contributed by atoms with Crippen LogP contribution in [-0.2, 0) is 14.3 Å². The number of esters is 1. The molecule has 1 aliphatic heterocycles. The molecule has 164 valence electrons. The molecule has 0 unspecified atom stereocenters. The van der Waals surface area contributed by atoms with Crippen LogP contribution in [0.15, 0.2) is 66.9 Å². The van der Waals surface area contributed by atoms with Gasteiger partial charge < -0.3 is 15.0 Å². The van der Waals surface area contributed by atoms with Gasteiger partial charge in [-0.25, -0.2) is 0 Å². The molecule has 0 radical (unpaired) electrons. The number of hydrogen-bond acceptors (Lipinski definition) is 5. The summed E-state index contributed by atoms with van der Waals surface area (Å²) in [4.78, 5) is 45.0. The number of aromatic nitrogens is 1. The highest BCUT2D eigenvalue weighted by molar-refractivity contribution is 6.07. The lowest BCUT2D eigenvalue weighted by Crippen LogP contribution is -2.47. The van der Waals surface area contributed by atoms with Gasteiger partial charge in [0.2, 0.25) is 0 Å². The summed E-state index contributed by atoms with van der Waals surface area (Å²) in [5, 5.41) is 3.57. The van der Waals surface area contributed by atoms with Gasteiger partial charge >= 0.3 is 5.97 Å². The third kappa shape index (κ3) is 4.46. The molecular formula is C25H25N3O4. The lowest BCUT2D eigenvalue weighted by molar-refractivity contribution is -0.160.